The number of carbonyl (C=O) groups is 2. The molecular formula is C10H19NO3Si. The summed E-state index contributed by atoms with van der Waals surface area (Å²) in [4.78, 5) is 22.8. The second-order valence-corrected chi connectivity index (χ2v) is 10.1. The van der Waals surface area contributed by atoms with Crippen molar-refractivity contribution in [2.45, 2.75) is 51.7 Å². The molecule has 0 atom stereocenters. The molecule has 0 unspecified atom stereocenters. The van der Waals surface area contributed by atoms with Crippen LogP contribution in [0.15, 0.2) is 0 Å². The Hall–Kier alpha value is -0.683. The average molecular weight is 229 g/mol. The standard InChI is InChI=1S/C10H19NO3Si/c1-10(2,3)15(4,5)14-11-8(12)6-7-9(11)13/h6-7H2,1-5H3. The van der Waals surface area contributed by atoms with Crippen LogP contribution in [0.1, 0.15) is 33.6 Å². The third-order valence-corrected chi connectivity index (χ3v) is 7.38. The number of nitrogens with zero attached hydrogens (tertiary/aromatic N) is 1. The van der Waals surface area contributed by atoms with Gasteiger partial charge in [0.15, 0.2) is 0 Å². The molecule has 86 valence electrons. The molecular weight excluding hydrogens is 210 g/mol. The van der Waals surface area contributed by atoms with E-state index in [1.807, 2.05) is 13.1 Å². The van der Waals surface area contributed by atoms with Crippen LogP contribution in [-0.2, 0) is 14.1 Å². The van der Waals surface area contributed by atoms with Crippen molar-refractivity contribution in [1.82, 2.24) is 5.06 Å². The lowest BCUT2D eigenvalue weighted by Crippen LogP contribution is -2.48. The normalized spacial score (nSPS) is 18.9. The number of hydrogen-bond donors (Lipinski definition) is 0. The summed E-state index contributed by atoms with van der Waals surface area (Å²) in [5, 5.41) is 0.980. The third-order valence-electron chi connectivity index (χ3n) is 3.13. The van der Waals surface area contributed by atoms with Gasteiger partial charge in [0.2, 0.25) is 8.32 Å². The Morgan fingerprint density at radius 3 is 1.87 bits per heavy atom. The van der Waals surface area contributed by atoms with E-state index in [0.29, 0.717) is 0 Å². The summed E-state index contributed by atoms with van der Waals surface area (Å²) in [6.45, 7) is 10.3. The molecule has 2 amide bonds. The quantitative estimate of drug-likeness (QED) is 0.538. The van der Waals surface area contributed by atoms with Crippen molar-refractivity contribution in [3.8, 4) is 0 Å². The van der Waals surface area contributed by atoms with Crippen LogP contribution in [0.25, 0.3) is 0 Å². The largest absolute Gasteiger partial charge is 0.310 e. The van der Waals surface area contributed by atoms with Crippen LogP contribution in [0.3, 0.4) is 0 Å². The Bertz CT molecular complexity index is 278. The maximum Gasteiger partial charge on any atom is 0.253 e. The van der Waals surface area contributed by atoms with Gasteiger partial charge in [-0.2, -0.15) is 5.06 Å². The minimum atomic E-state index is -2.07. The van der Waals surface area contributed by atoms with Gasteiger partial charge in [-0.25, -0.2) is 0 Å². The van der Waals surface area contributed by atoms with Gasteiger partial charge in [-0.1, -0.05) is 20.8 Å². The molecule has 0 bridgehead atoms. The van der Waals surface area contributed by atoms with E-state index in [0.717, 1.165) is 5.06 Å². The molecule has 4 nitrogen and oxygen atoms in total. The molecule has 15 heavy (non-hydrogen) atoms. The van der Waals surface area contributed by atoms with Crippen molar-refractivity contribution in [3.63, 3.8) is 0 Å². The van der Waals surface area contributed by atoms with Crippen molar-refractivity contribution in [3.05, 3.63) is 0 Å². The summed E-state index contributed by atoms with van der Waals surface area (Å²) in [6.07, 6.45) is 0.570. The average Bonchev–Trinajstić information content (AvgIpc) is 2.33. The monoisotopic (exact) mass is 229 g/mol. The fraction of sp³-hybridized carbons (Fsp3) is 0.800. The van der Waals surface area contributed by atoms with Crippen LogP contribution < -0.4 is 0 Å². The zero-order valence-electron chi connectivity index (χ0n) is 10.1. The van der Waals surface area contributed by atoms with Gasteiger partial charge in [0.05, 0.1) is 0 Å². The fourth-order valence-corrected chi connectivity index (χ4v) is 1.96. The molecule has 1 rings (SSSR count). The second-order valence-electron chi connectivity index (χ2n) is 5.43. The molecule has 0 aliphatic carbocycles. The first kappa shape index (κ1) is 12.4. The van der Waals surface area contributed by atoms with E-state index in [9.17, 15) is 9.59 Å². The molecule has 0 aromatic heterocycles. The first-order chi connectivity index (χ1) is 6.65. The second kappa shape index (κ2) is 3.72. The van der Waals surface area contributed by atoms with Gasteiger partial charge in [0.1, 0.15) is 0 Å². The molecule has 1 heterocycles. The molecule has 0 radical (unpaired) electrons. The van der Waals surface area contributed by atoms with Gasteiger partial charge in [0, 0.05) is 12.8 Å². The SMILES string of the molecule is CC(C)(C)[Si](C)(C)ON1C(=O)CCC1=O. The summed E-state index contributed by atoms with van der Waals surface area (Å²) in [6, 6.07) is 0. The van der Waals surface area contributed by atoms with Crippen LogP contribution in [0.4, 0.5) is 0 Å². The molecule has 0 spiro atoms. The van der Waals surface area contributed by atoms with Crippen molar-refractivity contribution in [2.24, 2.45) is 0 Å². The Morgan fingerprint density at radius 1 is 1.13 bits per heavy atom. The van der Waals surface area contributed by atoms with E-state index in [-0.39, 0.29) is 29.7 Å². The smallest absolute Gasteiger partial charge is 0.253 e. The Balaban J connectivity index is 2.77. The minimum absolute atomic E-state index is 0.00382. The Morgan fingerprint density at radius 2 is 1.53 bits per heavy atom. The summed E-state index contributed by atoms with van der Waals surface area (Å²) in [5.41, 5.74) is 0. The number of rotatable bonds is 2. The molecule has 1 fully saturated rings. The fourth-order valence-electron chi connectivity index (χ4n) is 1.02. The van der Waals surface area contributed by atoms with Crippen LogP contribution in [0.5, 0.6) is 0 Å². The van der Waals surface area contributed by atoms with Gasteiger partial charge in [-0.15, -0.1) is 0 Å². The summed E-state index contributed by atoms with van der Waals surface area (Å²) < 4.78 is 5.66. The Labute approximate surface area is 91.7 Å². The van der Waals surface area contributed by atoms with E-state index < -0.39 is 8.32 Å². The van der Waals surface area contributed by atoms with E-state index in [4.69, 9.17) is 4.53 Å². The predicted molar refractivity (Wildman–Crippen MR) is 59.4 cm³/mol. The zero-order valence-corrected chi connectivity index (χ0v) is 11.1. The summed E-state index contributed by atoms with van der Waals surface area (Å²) >= 11 is 0. The van der Waals surface area contributed by atoms with Crippen LogP contribution in [-0.4, -0.2) is 25.2 Å². The van der Waals surface area contributed by atoms with Gasteiger partial charge in [-0.05, 0) is 18.1 Å². The lowest BCUT2D eigenvalue weighted by molar-refractivity contribution is -0.167. The van der Waals surface area contributed by atoms with Gasteiger partial charge in [0.25, 0.3) is 11.8 Å². The highest BCUT2D eigenvalue weighted by molar-refractivity contribution is 6.74. The molecule has 0 saturated carbocycles. The number of amides is 2. The first-order valence-electron chi connectivity index (χ1n) is 5.20. The van der Waals surface area contributed by atoms with Crippen molar-refractivity contribution in [1.29, 1.82) is 0 Å². The molecule has 1 aliphatic heterocycles. The van der Waals surface area contributed by atoms with Crippen LogP contribution in [0.2, 0.25) is 18.1 Å². The van der Waals surface area contributed by atoms with Crippen LogP contribution in [0, 0.1) is 0 Å². The topological polar surface area (TPSA) is 46.6 Å². The van der Waals surface area contributed by atoms with Crippen molar-refractivity contribution < 1.29 is 14.1 Å². The van der Waals surface area contributed by atoms with E-state index in [1.54, 1.807) is 0 Å². The van der Waals surface area contributed by atoms with E-state index in [1.165, 1.54) is 0 Å². The highest BCUT2D eigenvalue weighted by Crippen LogP contribution is 2.37. The molecule has 5 heteroatoms. The predicted octanol–water partition coefficient (Wildman–Crippen LogP) is 2.07. The molecule has 0 N–H and O–H groups in total. The number of hydrogen-bond acceptors (Lipinski definition) is 3. The molecule has 1 saturated heterocycles. The first-order valence-corrected chi connectivity index (χ1v) is 8.11. The zero-order chi connectivity index (χ0) is 11.9. The molecule has 1 aliphatic rings. The minimum Gasteiger partial charge on any atom is -0.310 e. The summed E-state index contributed by atoms with van der Waals surface area (Å²) in [5.74, 6) is -0.408. The van der Waals surface area contributed by atoms with Gasteiger partial charge < -0.3 is 4.53 Å². The Kier molecular flexibility index (Phi) is 3.07. The molecule has 0 aromatic carbocycles. The van der Waals surface area contributed by atoms with Gasteiger partial charge >= 0.3 is 0 Å². The number of imide groups is 1. The lowest BCUT2D eigenvalue weighted by Gasteiger charge is -2.37. The highest BCUT2D eigenvalue weighted by Gasteiger charge is 2.43. The third kappa shape index (κ3) is 2.46. The van der Waals surface area contributed by atoms with Crippen molar-refractivity contribution >= 4 is 20.1 Å². The van der Waals surface area contributed by atoms with E-state index in [2.05, 4.69) is 20.8 Å². The van der Waals surface area contributed by atoms with Crippen molar-refractivity contribution in [2.75, 3.05) is 0 Å². The lowest BCUT2D eigenvalue weighted by atomic mass is 10.2. The van der Waals surface area contributed by atoms with Crippen LogP contribution >= 0.6 is 0 Å². The summed E-state index contributed by atoms with van der Waals surface area (Å²) in [7, 11) is -2.07. The van der Waals surface area contributed by atoms with E-state index >= 15 is 0 Å². The van der Waals surface area contributed by atoms with Gasteiger partial charge in [-0.3, -0.25) is 9.59 Å². The maximum absolute atomic E-state index is 11.4. The maximum atomic E-state index is 11.4. The number of hydroxylamine groups is 2. The number of carbonyl (C=O) groups excluding carboxylic acids is 2. The molecule has 0 aromatic rings. The highest BCUT2D eigenvalue weighted by atomic mass is 28.4.